The maximum atomic E-state index is 5.93. The Kier molecular flexibility index (Phi) is 20.6. The second-order valence-electron chi connectivity index (χ2n) is 11.4. The third-order valence-corrected chi connectivity index (χ3v) is 7.59. The van der Waals surface area contributed by atoms with Crippen molar-refractivity contribution in [2.75, 3.05) is 13.2 Å². The van der Waals surface area contributed by atoms with Gasteiger partial charge >= 0.3 is 0 Å². The van der Waals surface area contributed by atoms with Gasteiger partial charge in [0.25, 0.3) is 0 Å². The number of hydrogen-bond donors (Lipinski definition) is 0. The van der Waals surface area contributed by atoms with E-state index in [4.69, 9.17) is 9.47 Å². The van der Waals surface area contributed by atoms with E-state index in [0.29, 0.717) is 0 Å². The van der Waals surface area contributed by atoms with E-state index in [-0.39, 0.29) is 0 Å². The first-order chi connectivity index (χ1) is 19.8. The first-order valence-electron chi connectivity index (χ1n) is 16.8. The average Bonchev–Trinajstić information content (AvgIpc) is 2.99. The van der Waals surface area contributed by atoms with E-state index < -0.39 is 0 Å². The first-order valence-corrected chi connectivity index (χ1v) is 16.8. The molecule has 0 aliphatic heterocycles. The van der Waals surface area contributed by atoms with Gasteiger partial charge in [-0.2, -0.15) is 0 Å². The van der Waals surface area contributed by atoms with Gasteiger partial charge in [-0.15, -0.1) is 0 Å². The molecule has 0 bridgehead atoms. The highest BCUT2D eigenvalue weighted by molar-refractivity contribution is 5.45. The predicted octanol–water partition coefficient (Wildman–Crippen LogP) is 11.7. The molecule has 222 valence electrons. The quantitative estimate of drug-likeness (QED) is 0.0962. The highest BCUT2D eigenvalue weighted by Crippen LogP contribution is 2.16. The number of rotatable bonds is 24. The molecule has 2 heteroatoms. The van der Waals surface area contributed by atoms with Crippen LogP contribution in [0.15, 0.2) is 48.5 Å². The van der Waals surface area contributed by atoms with E-state index in [2.05, 4.69) is 25.7 Å². The number of unbranched alkanes of at least 4 members (excludes halogenated alkanes) is 18. The fraction of sp³-hybridized carbons (Fsp3) is 0.632. The predicted molar refractivity (Wildman–Crippen MR) is 174 cm³/mol. The summed E-state index contributed by atoms with van der Waals surface area (Å²) in [5.41, 5.74) is 2.01. The van der Waals surface area contributed by atoms with Crippen LogP contribution in [0.4, 0.5) is 0 Å². The Hall–Kier alpha value is -2.40. The van der Waals surface area contributed by atoms with Gasteiger partial charge < -0.3 is 9.47 Å². The molecule has 2 aromatic rings. The van der Waals surface area contributed by atoms with Crippen molar-refractivity contribution in [2.24, 2.45) is 0 Å². The Morgan fingerprint density at radius 3 is 0.950 bits per heavy atom. The molecule has 0 spiro atoms. The molecule has 0 unspecified atom stereocenters. The largest absolute Gasteiger partial charge is 0.494 e. The lowest BCUT2D eigenvalue weighted by molar-refractivity contribution is 0.304. The van der Waals surface area contributed by atoms with E-state index in [0.717, 1.165) is 48.7 Å². The Morgan fingerprint density at radius 1 is 0.375 bits per heavy atom. The molecular formula is C38H58O2. The maximum absolute atomic E-state index is 5.93. The molecule has 2 nitrogen and oxygen atoms in total. The van der Waals surface area contributed by atoms with Gasteiger partial charge in [0.1, 0.15) is 11.5 Å². The lowest BCUT2D eigenvalue weighted by atomic mass is 10.1. The van der Waals surface area contributed by atoms with E-state index in [1.54, 1.807) is 0 Å². The molecule has 0 amide bonds. The fourth-order valence-corrected chi connectivity index (χ4v) is 4.97. The van der Waals surface area contributed by atoms with Gasteiger partial charge in [0, 0.05) is 11.1 Å². The average molecular weight is 547 g/mol. The Morgan fingerprint density at radius 2 is 0.650 bits per heavy atom. The fourth-order valence-electron chi connectivity index (χ4n) is 4.97. The molecule has 0 atom stereocenters. The number of ether oxygens (including phenoxy) is 2. The van der Waals surface area contributed by atoms with Gasteiger partial charge in [0.05, 0.1) is 13.2 Å². The van der Waals surface area contributed by atoms with Gasteiger partial charge in [-0.05, 0) is 61.4 Å². The SMILES string of the molecule is CCCCCCCCCCCCOc1ccc(C#Cc2ccc(OCCCCCCCCCCCC)cc2)cc1. The Balaban J connectivity index is 1.51. The van der Waals surface area contributed by atoms with Crippen LogP contribution in [-0.2, 0) is 0 Å². The van der Waals surface area contributed by atoms with Crippen molar-refractivity contribution in [1.82, 2.24) is 0 Å². The molecule has 0 heterocycles. The molecule has 0 N–H and O–H groups in total. The number of hydrogen-bond acceptors (Lipinski definition) is 2. The van der Waals surface area contributed by atoms with Crippen molar-refractivity contribution < 1.29 is 9.47 Å². The van der Waals surface area contributed by atoms with Crippen LogP contribution in [0, 0.1) is 11.8 Å². The third-order valence-electron chi connectivity index (χ3n) is 7.59. The van der Waals surface area contributed by atoms with Crippen molar-refractivity contribution in [3.63, 3.8) is 0 Å². The lowest BCUT2D eigenvalue weighted by Crippen LogP contribution is -1.97. The molecule has 0 aliphatic rings. The summed E-state index contributed by atoms with van der Waals surface area (Å²) in [7, 11) is 0. The van der Waals surface area contributed by atoms with Crippen molar-refractivity contribution >= 4 is 0 Å². The standard InChI is InChI=1S/C38H58O2/c1-3-5-7-9-11-13-15-17-19-21-33-39-37-29-25-35(26-30-37)23-24-36-27-31-38(32-28-36)40-34-22-20-18-16-14-12-10-8-6-4-2/h25-32H,3-22,33-34H2,1-2H3. The topological polar surface area (TPSA) is 18.5 Å². The van der Waals surface area contributed by atoms with Crippen LogP contribution in [-0.4, -0.2) is 13.2 Å². The minimum atomic E-state index is 0.801. The maximum Gasteiger partial charge on any atom is 0.119 e. The summed E-state index contributed by atoms with van der Waals surface area (Å²) >= 11 is 0. The van der Waals surface area contributed by atoms with E-state index in [1.807, 2.05) is 48.5 Å². The summed E-state index contributed by atoms with van der Waals surface area (Å²) in [5.74, 6) is 8.40. The summed E-state index contributed by atoms with van der Waals surface area (Å²) in [6.45, 7) is 6.16. The van der Waals surface area contributed by atoms with Crippen LogP contribution in [0.2, 0.25) is 0 Å². The molecule has 0 fully saturated rings. The van der Waals surface area contributed by atoms with Gasteiger partial charge in [-0.1, -0.05) is 141 Å². The minimum Gasteiger partial charge on any atom is -0.494 e. The first kappa shape index (κ1) is 33.8. The second-order valence-corrected chi connectivity index (χ2v) is 11.4. The normalized spacial score (nSPS) is 10.8. The van der Waals surface area contributed by atoms with Crippen molar-refractivity contribution in [2.45, 2.75) is 142 Å². The highest BCUT2D eigenvalue weighted by Gasteiger charge is 1.98. The van der Waals surface area contributed by atoms with Crippen molar-refractivity contribution in [1.29, 1.82) is 0 Å². The van der Waals surface area contributed by atoms with Gasteiger partial charge in [-0.3, -0.25) is 0 Å². The summed E-state index contributed by atoms with van der Waals surface area (Å²) in [6, 6.07) is 16.3. The molecular weight excluding hydrogens is 488 g/mol. The molecule has 0 radical (unpaired) electrons. The summed E-state index contributed by atoms with van der Waals surface area (Å²) in [5, 5.41) is 0. The monoisotopic (exact) mass is 546 g/mol. The minimum absolute atomic E-state index is 0.801. The summed E-state index contributed by atoms with van der Waals surface area (Å²) in [6.07, 6.45) is 26.9. The van der Waals surface area contributed by atoms with Crippen LogP contribution in [0.5, 0.6) is 11.5 Å². The van der Waals surface area contributed by atoms with Crippen LogP contribution in [0.3, 0.4) is 0 Å². The molecule has 0 saturated heterocycles. The summed E-state index contributed by atoms with van der Waals surface area (Å²) in [4.78, 5) is 0. The molecule has 2 rings (SSSR count). The second kappa shape index (κ2) is 24.4. The van der Waals surface area contributed by atoms with E-state index >= 15 is 0 Å². The van der Waals surface area contributed by atoms with Gasteiger partial charge in [-0.25, -0.2) is 0 Å². The zero-order valence-corrected chi connectivity index (χ0v) is 26.0. The van der Waals surface area contributed by atoms with Crippen molar-refractivity contribution in [3.05, 3.63) is 59.7 Å². The molecule has 0 aliphatic carbocycles. The van der Waals surface area contributed by atoms with Crippen LogP contribution in [0.1, 0.15) is 153 Å². The van der Waals surface area contributed by atoms with E-state index in [1.165, 1.54) is 116 Å². The molecule has 0 saturated carbocycles. The van der Waals surface area contributed by atoms with Crippen LogP contribution in [0.25, 0.3) is 0 Å². The number of benzene rings is 2. The van der Waals surface area contributed by atoms with E-state index in [9.17, 15) is 0 Å². The molecule has 2 aromatic carbocycles. The Labute approximate surface area is 247 Å². The third kappa shape index (κ3) is 18.0. The van der Waals surface area contributed by atoms with Gasteiger partial charge in [0.15, 0.2) is 0 Å². The lowest BCUT2D eigenvalue weighted by Gasteiger charge is -2.06. The highest BCUT2D eigenvalue weighted by atomic mass is 16.5. The Bertz CT molecular complexity index is 814. The van der Waals surface area contributed by atoms with Gasteiger partial charge in [0.2, 0.25) is 0 Å². The van der Waals surface area contributed by atoms with Crippen LogP contribution >= 0.6 is 0 Å². The zero-order valence-electron chi connectivity index (χ0n) is 26.0. The molecule has 40 heavy (non-hydrogen) atoms. The van der Waals surface area contributed by atoms with Crippen molar-refractivity contribution in [3.8, 4) is 23.3 Å². The summed E-state index contributed by atoms with van der Waals surface area (Å²) < 4.78 is 11.9. The molecule has 0 aromatic heterocycles. The zero-order chi connectivity index (χ0) is 28.4. The smallest absolute Gasteiger partial charge is 0.119 e. The van der Waals surface area contributed by atoms with Crippen LogP contribution < -0.4 is 9.47 Å².